The first kappa shape index (κ1) is 18.6. The number of methoxy groups -OCH3 is 1. The van der Waals surface area contributed by atoms with Gasteiger partial charge >= 0.3 is 11.9 Å². The van der Waals surface area contributed by atoms with Gasteiger partial charge in [-0.25, -0.2) is 9.59 Å². The van der Waals surface area contributed by atoms with Crippen molar-refractivity contribution in [2.45, 2.75) is 38.7 Å². The maximum atomic E-state index is 12.8. The molecule has 0 aromatic heterocycles. The Labute approximate surface area is 156 Å². The number of nitrogens with zero attached hydrogens (tertiary/aromatic N) is 1. The molecule has 0 bridgehead atoms. The van der Waals surface area contributed by atoms with Gasteiger partial charge in [0.05, 0.1) is 29.1 Å². The Bertz CT molecular complexity index is 882. The van der Waals surface area contributed by atoms with E-state index in [1.807, 2.05) is 0 Å². The van der Waals surface area contributed by atoms with Gasteiger partial charge in [0.2, 0.25) is 0 Å². The number of esters is 2. The predicted molar refractivity (Wildman–Crippen MR) is 95.5 cm³/mol. The van der Waals surface area contributed by atoms with Crippen molar-refractivity contribution in [3.63, 3.8) is 0 Å². The number of rotatable bonds is 5. The van der Waals surface area contributed by atoms with E-state index in [1.54, 1.807) is 19.9 Å². The summed E-state index contributed by atoms with van der Waals surface area (Å²) in [6, 6.07) is 5.90. The van der Waals surface area contributed by atoms with E-state index in [-0.39, 0.29) is 22.9 Å². The molecule has 1 heterocycles. The number of hydrogen-bond donors (Lipinski definition) is 1. The summed E-state index contributed by atoms with van der Waals surface area (Å²) in [5.74, 6) is -1.96. The Kier molecular flexibility index (Phi) is 4.98. The standard InChI is InChI=1S/C19H20N2O6/c1-10-15(18(22)26-3)17(12-5-4-6-13(9-12)21(24)25)16(11(2)20-10)19(23)27-14-7-8-14/h4-6,9,14,17,20H,7-8H2,1-3H3. The van der Waals surface area contributed by atoms with E-state index < -0.39 is 22.8 Å². The van der Waals surface area contributed by atoms with Gasteiger partial charge in [-0.15, -0.1) is 0 Å². The molecular weight excluding hydrogens is 352 g/mol. The topological polar surface area (TPSA) is 108 Å². The molecule has 3 rings (SSSR count). The highest BCUT2D eigenvalue weighted by molar-refractivity contribution is 6.00. The van der Waals surface area contributed by atoms with Crippen molar-refractivity contribution in [1.29, 1.82) is 0 Å². The highest BCUT2D eigenvalue weighted by Crippen LogP contribution is 2.41. The minimum absolute atomic E-state index is 0.114. The molecule has 142 valence electrons. The zero-order chi connectivity index (χ0) is 19.7. The lowest BCUT2D eigenvalue weighted by atomic mass is 9.80. The molecular formula is C19H20N2O6. The number of nitro groups is 1. The number of nitro benzene ring substituents is 1. The normalized spacial score (nSPS) is 19.4. The monoisotopic (exact) mass is 372 g/mol. The molecule has 1 atom stereocenters. The van der Waals surface area contributed by atoms with Gasteiger partial charge in [0.25, 0.3) is 5.69 Å². The van der Waals surface area contributed by atoms with Crippen LogP contribution in [0.5, 0.6) is 0 Å². The number of carbonyl (C=O) groups excluding carboxylic acids is 2. The van der Waals surface area contributed by atoms with Crippen molar-refractivity contribution < 1.29 is 24.0 Å². The number of benzene rings is 1. The Morgan fingerprint density at radius 1 is 1.15 bits per heavy atom. The third kappa shape index (κ3) is 3.69. The highest BCUT2D eigenvalue weighted by Gasteiger charge is 2.39. The molecule has 8 nitrogen and oxygen atoms in total. The van der Waals surface area contributed by atoms with Gasteiger partial charge in [0, 0.05) is 23.5 Å². The quantitative estimate of drug-likeness (QED) is 0.481. The summed E-state index contributed by atoms with van der Waals surface area (Å²) >= 11 is 0. The second-order valence-electron chi connectivity index (χ2n) is 6.58. The second kappa shape index (κ2) is 7.22. The van der Waals surface area contributed by atoms with Gasteiger partial charge in [0.1, 0.15) is 6.10 Å². The van der Waals surface area contributed by atoms with E-state index in [2.05, 4.69) is 5.32 Å². The largest absolute Gasteiger partial charge is 0.466 e. The Hall–Kier alpha value is -3.16. The summed E-state index contributed by atoms with van der Waals surface area (Å²) < 4.78 is 10.4. The molecule has 1 aliphatic heterocycles. The van der Waals surface area contributed by atoms with Crippen molar-refractivity contribution in [3.8, 4) is 0 Å². The summed E-state index contributed by atoms with van der Waals surface area (Å²) in [6.45, 7) is 3.41. The van der Waals surface area contributed by atoms with E-state index in [0.717, 1.165) is 12.8 Å². The molecule has 0 radical (unpaired) electrons. The van der Waals surface area contributed by atoms with Gasteiger partial charge in [-0.3, -0.25) is 10.1 Å². The van der Waals surface area contributed by atoms with Gasteiger partial charge in [-0.2, -0.15) is 0 Å². The number of ether oxygens (including phenoxy) is 2. The molecule has 0 spiro atoms. The van der Waals surface area contributed by atoms with Crippen LogP contribution in [-0.4, -0.2) is 30.1 Å². The maximum Gasteiger partial charge on any atom is 0.337 e. The van der Waals surface area contributed by atoms with Crippen LogP contribution in [0.25, 0.3) is 0 Å². The fourth-order valence-corrected chi connectivity index (χ4v) is 3.20. The number of non-ortho nitro benzene ring substituents is 1. The van der Waals surface area contributed by atoms with Crippen molar-refractivity contribution in [1.82, 2.24) is 5.32 Å². The Morgan fingerprint density at radius 2 is 1.78 bits per heavy atom. The first-order chi connectivity index (χ1) is 12.8. The third-order valence-electron chi connectivity index (χ3n) is 4.60. The van der Waals surface area contributed by atoms with Gasteiger partial charge < -0.3 is 14.8 Å². The number of allylic oxidation sites excluding steroid dienone is 2. The number of dihydropyridines is 1. The second-order valence-corrected chi connectivity index (χ2v) is 6.58. The summed E-state index contributed by atoms with van der Waals surface area (Å²) in [5, 5.41) is 14.2. The minimum atomic E-state index is -0.815. The van der Waals surface area contributed by atoms with Crippen LogP contribution in [0.1, 0.15) is 38.2 Å². The molecule has 1 fully saturated rings. The Morgan fingerprint density at radius 3 is 2.33 bits per heavy atom. The van der Waals surface area contributed by atoms with Crippen molar-refractivity contribution >= 4 is 17.6 Å². The zero-order valence-electron chi connectivity index (χ0n) is 15.3. The first-order valence-corrected chi connectivity index (χ1v) is 8.55. The van der Waals surface area contributed by atoms with E-state index in [4.69, 9.17) is 9.47 Å². The SMILES string of the molecule is COC(=O)C1=C(C)NC(C)=C(C(=O)OC2CC2)C1c1cccc([N+](=O)[O-])c1. The van der Waals surface area contributed by atoms with Crippen LogP contribution in [0, 0.1) is 10.1 Å². The minimum Gasteiger partial charge on any atom is -0.466 e. The van der Waals surface area contributed by atoms with Gasteiger partial charge in [0.15, 0.2) is 0 Å². The maximum absolute atomic E-state index is 12.8. The predicted octanol–water partition coefficient (Wildman–Crippen LogP) is 2.71. The number of carbonyl (C=O) groups is 2. The molecule has 1 N–H and O–H groups in total. The van der Waals surface area contributed by atoms with Crippen molar-refractivity contribution in [2.75, 3.05) is 7.11 Å². The average Bonchev–Trinajstić information content (AvgIpc) is 3.44. The summed E-state index contributed by atoms with van der Waals surface area (Å²) in [7, 11) is 1.25. The smallest absolute Gasteiger partial charge is 0.337 e. The zero-order valence-corrected chi connectivity index (χ0v) is 15.3. The highest BCUT2D eigenvalue weighted by atomic mass is 16.6. The van der Waals surface area contributed by atoms with Crippen LogP contribution in [0.3, 0.4) is 0 Å². The average molecular weight is 372 g/mol. The first-order valence-electron chi connectivity index (χ1n) is 8.55. The fourth-order valence-electron chi connectivity index (χ4n) is 3.20. The van der Waals surface area contributed by atoms with E-state index in [0.29, 0.717) is 17.0 Å². The van der Waals surface area contributed by atoms with E-state index >= 15 is 0 Å². The van der Waals surface area contributed by atoms with Crippen LogP contribution < -0.4 is 5.32 Å². The Balaban J connectivity index is 2.14. The molecule has 8 heteroatoms. The molecule has 0 amide bonds. The van der Waals surface area contributed by atoms with Gasteiger partial charge in [-0.05, 0) is 32.3 Å². The van der Waals surface area contributed by atoms with Crippen LogP contribution >= 0.6 is 0 Å². The molecule has 1 aromatic carbocycles. The van der Waals surface area contributed by atoms with Crippen molar-refractivity contribution in [2.24, 2.45) is 0 Å². The lowest BCUT2D eigenvalue weighted by Gasteiger charge is -2.30. The number of hydrogen-bond acceptors (Lipinski definition) is 7. The van der Waals surface area contributed by atoms with Gasteiger partial charge in [-0.1, -0.05) is 12.1 Å². The lowest BCUT2D eigenvalue weighted by molar-refractivity contribution is -0.384. The van der Waals surface area contributed by atoms with E-state index in [1.165, 1.54) is 25.3 Å². The van der Waals surface area contributed by atoms with Crippen LogP contribution in [0.15, 0.2) is 46.8 Å². The fraction of sp³-hybridized carbons (Fsp3) is 0.368. The van der Waals surface area contributed by atoms with E-state index in [9.17, 15) is 19.7 Å². The van der Waals surface area contributed by atoms with Crippen molar-refractivity contribution in [3.05, 3.63) is 62.5 Å². The molecule has 2 aliphatic rings. The third-order valence-corrected chi connectivity index (χ3v) is 4.60. The van der Waals surface area contributed by atoms with Crippen LogP contribution in [0.2, 0.25) is 0 Å². The van der Waals surface area contributed by atoms with Crippen LogP contribution in [-0.2, 0) is 19.1 Å². The number of nitrogens with one attached hydrogen (secondary N) is 1. The summed E-state index contributed by atoms with van der Waals surface area (Å²) in [5.41, 5.74) is 1.88. The molecule has 0 saturated heterocycles. The molecule has 1 unspecified atom stereocenters. The van der Waals surface area contributed by atoms with Crippen LogP contribution in [0.4, 0.5) is 5.69 Å². The molecule has 1 aliphatic carbocycles. The lowest BCUT2D eigenvalue weighted by Crippen LogP contribution is -2.32. The molecule has 27 heavy (non-hydrogen) atoms. The molecule has 1 saturated carbocycles. The summed E-state index contributed by atoms with van der Waals surface area (Å²) in [4.78, 5) is 35.9. The summed E-state index contributed by atoms with van der Waals surface area (Å²) in [6.07, 6.45) is 1.51. The molecule has 1 aromatic rings.